The molecule has 2 aromatic rings. The number of nitrogens with zero attached hydrogens (tertiary/aromatic N) is 4. The zero-order valence-corrected chi connectivity index (χ0v) is 9.68. The van der Waals surface area contributed by atoms with E-state index >= 15 is 0 Å². The summed E-state index contributed by atoms with van der Waals surface area (Å²) in [5.41, 5.74) is 6.73. The van der Waals surface area contributed by atoms with Crippen molar-refractivity contribution in [2.75, 3.05) is 5.73 Å². The van der Waals surface area contributed by atoms with Crippen LogP contribution in [0.2, 0.25) is 0 Å². The molecule has 16 heavy (non-hydrogen) atoms. The zero-order chi connectivity index (χ0) is 11.8. The number of anilines is 1. The van der Waals surface area contributed by atoms with Crippen LogP contribution in [0.1, 0.15) is 26.3 Å². The van der Waals surface area contributed by atoms with Gasteiger partial charge in [-0.05, 0) is 17.0 Å². The van der Waals surface area contributed by atoms with Gasteiger partial charge in [0, 0.05) is 6.20 Å². The third kappa shape index (κ3) is 2.03. The van der Waals surface area contributed by atoms with Crippen molar-refractivity contribution in [2.24, 2.45) is 0 Å². The second kappa shape index (κ2) is 3.59. The van der Waals surface area contributed by atoms with Gasteiger partial charge in [-0.1, -0.05) is 26.8 Å². The van der Waals surface area contributed by atoms with E-state index in [4.69, 9.17) is 5.73 Å². The van der Waals surface area contributed by atoms with E-state index in [0.717, 1.165) is 5.82 Å². The predicted molar refractivity (Wildman–Crippen MR) is 62.3 cm³/mol. The minimum absolute atomic E-state index is 0.104. The Morgan fingerprint density at radius 1 is 1.19 bits per heavy atom. The van der Waals surface area contributed by atoms with Gasteiger partial charge in [-0.15, -0.1) is 5.10 Å². The molecule has 0 amide bonds. The first kappa shape index (κ1) is 10.6. The van der Waals surface area contributed by atoms with E-state index in [1.54, 1.807) is 11.0 Å². The fraction of sp³-hybridized carbons (Fsp3) is 0.364. The van der Waals surface area contributed by atoms with Gasteiger partial charge in [-0.3, -0.25) is 0 Å². The summed E-state index contributed by atoms with van der Waals surface area (Å²) >= 11 is 0. The highest BCUT2D eigenvalue weighted by Crippen LogP contribution is 2.21. The topological polar surface area (TPSA) is 69.6 Å². The summed E-state index contributed by atoms with van der Waals surface area (Å²) in [6, 6.07) is 3.95. The number of nitrogen functional groups attached to an aromatic ring is 1. The lowest BCUT2D eigenvalue weighted by Crippen LogP contribution is -2.12. The molecule has 2 aromatic heterocycles. The SMILES string of the molecule is CC(C)(C)c1ccc(-n2cnc(N)n2)nc1. The number of pyridine rings is 1. The van der Waals surface area contributed by atoms with Crippen LogP contribution in [0.4, 0.5) is 5.95 Å². The summed E-state index contributed by atoms with van der Waals surface area (Å²) in [4.78, 5) is 8.19. The van der Waals surface area contributed by atoms with Crippen LogP contribution in [0.25, 0.3) is 5.82 Å². The summed E-state index contributed by atoms with van der Waals surface area (Å²) < 4.78 is 1.56. The maximum atomic E-state index is 5.44. The lowest BCUT2D eigenvalue weighted by molar-refractivity contribution is 0.586. The molecule has 2 rings (SSSR count). The van der Waals surface area contributed by atoms with Crippen LogP contribution in [0.5, 0.6) is 0 Å². The lowest BCUT2D eigenvalue weighted by Gasteiger charge is -2.18. The third-order valence-electron chi connectivity index (χ3n) is 2.36. The largest absolute Gasteiger partial charge is 0.366 e. The Morgan fingerprint density at radius 2 is 1.94 bits per heavy atom. The standard InChI is InChI=1S/C11H15N5/c1-11(2,3)8-4-5-9(13-6-8)16-7-14-10(12)15-16/h4-7H,1-3H3,(H2,12,15). The second-order valence-electron chi connectivity index (χ2n) is 4.70. The molecule has 0 bridgehead atoms. The van der Waals surface area contributed by atoms with E-state index in [0.29, 0.717) is 0 Å². The second-order valence-corrected chi connectivity index (χ2v) is 4.70. The Kier molecular flexibility index (Phi) is 2.38. The molecule has 84 valence electrons. The van der Waals surface area contributed by atoms with Crippen molar-refractivity contribution >= 4 is 5.95 Å². The van der Waals surface area contributed by atoms with Crippen molar-refractivity contribution < 1.29 is 0 Å². The molecule has 2 N–H and O–H groups in total. The monoisotopic (exact) mass is 217 g/mol. The summed E-state index contributed by atoms with van der Waals surface area (Å²) in [7, 11) is 0. The van der Waals surface area contributed by atoms with Crippen molar-refractivity contribution in [2.45, 2.75) is 26.2 Å². The maximum absolute atomic E-state index is 5.44. The molecule has 0 aliphatic heterocycles. The smallest absolute Gasteiger partial charge is 0.239 e. The molecule has 0 aliphatic carbocycles. The fourth-order valence-electron chi connectivity index (χ4n) is 1.35. The summed E-state index contributed by atoms with van der Waals surface area (Å²) in [6.45, 7) is 6.45. The average Bonchev–Trinajstić information content (AvgIpc) is 2.64. The molecule has 0 aliphatic rings. The first-order valence-electron chi connectivity index (χ1n) is 5.11. The van der Waals surface area contributed by atoms with Crippen LogP contribution in [0.15, 0.2) is 24.7 Å². The first-order valence-corrected chi connectivity index (χ1v) is 5.11. The van der Waals surface area contributed by atoms with E-state index in [9.17, 15) is 0 Å². The summed E-state index contributed by atoms with van der Waals surface area (Å²) in [5, 5.41) is 3.99. The number of rotatable bonds is 1. The molecule has 5 heteroatoms. The third-order valence-corrected chi connectivity index (χ3v) is 2.36. The molecule has 0 spiro atoms. The van der Waals surface area contributed by atoms with E-state index in [1.807, 2.05) is 18.3 Å². The fourth-order valence-corrected chi connectivity index (χ4v) is 1.35. The molecule has 0 atom stereocenters. The average molecular weight is 217 g/mol. The highest BCUT2D eigenvalue weighted by atomic mass is 15.4. The molecule has 2 heterocycles. The Morgan fingerprint density at radius 3 is 2.38 bits per heavy atom. The van der Waals surface area contributed by atoms with Crippen LogP contribution in [-0.4, -0.2) is 19.7 Å². The Hall–Kier alpha value is -1.91. The van der Waals surface area contributed by atoms with E-state index in [2.05, 4.69) is 35.8 Å². The van der Waals surface area contributed by atoms with Crippen LogP contribution in [-0.2, 0) is 5.41 Å². The highest BCUT2D eigenvalue weighted by molar-refractivity contribution is 5.28. The van der Waals surface area contributed by atoms with Crippen LogP contribution < -0.4 is 5.73 Å². The number of hydrogen-bond donors (Lipinski definition) is 1. The highest BCUT2D eigenvalue weighted by Gasteiger charge is 2.13. The first-order chi connectivity index (χ1) is 7.47. The molecule has 0 unspecified atom stereocenters. The Bertz CT molecular complexity index is 478. The molecular formula is C11H15N5. The lowest BCUT2D eigenvalue weighted by atomic mass is 9.88. The van der Waals surface area contributed by atoms with E-state index < -0.39 is 0 Å². The van der Waals surface area contributed by atoms with E-state index in [-0.39, 0.29) is 11.4 Å². The molecule has 0 saturated carbocycles. The Balaban J connectivity index is 2.33. The molecule has 0 saturated heterocycles. The molecule has 0 fully saturated rings. The van der Waals surface area contributed by atoms with Crippen molar-refractivity contribution in [1.29, 1.82) is 0 Å². The summed E-state index contributed by atoms with van der Waals surface area (Å²) in [5.74, 6) is 0.971. The van der Waals surface area contributed by atoms with Crippen molar-refractivity contribution in [3.8, 4) is 5.82 Å². The van der Waals surface area contributed by atoms with Gasteiger partial charge in [0.2, 0.25) is 5.95 Å². The van der Waals surface area contributed by atoms with Crippen molar-refractivity contribution in [1.82, 2.24) is 19.7 Å². The van der Waals surface area contributed by atoms with Gasteiger partial charge in [0.25, 0.3) is 0 Å². The minimum Gasteiger partial charge on any atom is -0.366 e. The van der Waals surface area contributed by atoms with E-state index in [1.165, 1.54) is 5.56 Å². The maximum Gasteiger partial charge on any atom is 0.239 e. The molecule has 0 aromatic carbocycles. The Labute approximate surface area is 94.3 Å². The molecular weight excluding hydrogens is 202 g/mol. The quantitative estimate of drug-likeness (QED) is 0.786. The number of nitrogens with two attached hydrogens (primary N) is 1. The number of aromatic nitrogens is 4. The van der Waals surface area contributed by atoms with Gasteiger partial charge < -0.3 is 5.73 Å². The number of hydrogen-bond acceptors (Lipinski definition) is 4. The summed E-state index contributed by atoms with van der Waals surface area (Å²) in [6.07, 6.45) is 3.40. The van der Waals surface area contributed by atoms with Crippen LogP contribution in [0.3, 0.4) is 0 Å². The van der Waals surface area contributed by atoms with Gasteiger partial charge in [-0.2, -0.15) is 0 Å². The minimum atomic E-state index is 0.104. The van der Waals surface area contributed by atoms with Gasteiger partial charge in [-0.25, -0.2) is 14.6 Å². The van der Waals surface area contributed by atoms with Gasteiger partial charge in [0.15, 0.2) is 5.82 Å². The van der Waals surface area contributed by atoms with Gasteiger partial charge >= 0.3 is 0 Å². The normalized spacial score (nSPS) is 11.7. The zero-order valence-electron chi connectivity index (χ0n) is 9.68. The van der Waals surface area contributed by atoms with Crippen molar-refractivity contribution in [3.63, 3.8) is 0 Å². The predicted octanol–water partition coefficient (Wildman–Crippen LogP) is 1.54. The van der Waals surface area contributed by atoms with Crippen molar-refractivity contribution in [3.05, 3.63) is 30.2 Å². The van der Waals surface area contributed by atoms with Gasteiger partial charge in [0.05, 0.1) is 0 Å². The molecule has 0 radical (unpaired) electrons. The van der Waals surface area contributed by atoms with Gasteiger partial charge in [0.1, 0.15) is 6.33 Å². The van der Waals surface area contributed by atoms with Crippen LogP contribution in [0, 0.1) is 0 Å². The van der Waals surface area contributed by atoms with Crippen LogP contribution >= 0.6 is 0 Å². The molecule has 5 nitrogen and oxygen atoms in total.